The van der Waals surface area contributed by atoms with Crippen LogP contribution in [-0.2, 0) is 16.0 Å². The molecule has 0 saturated heterocycles. The van der Waals surface area contributed by atoms with Gasteiger partial charge in [-0.15, -0.1) is 11.3 Å². The van der Waals surface area contributed by atoms with Crippen molar-refractivity contribution in [1.29, 1.82) is 0 Å². The van der Waals surface area contributed by atoms with Gasteiger partial charge in [-0.3, -0.25) is 4.79 Å². The maximum atomic E-state index is 11.6. The van der Waals surface area contributed by atoms with Crippen LogP contribution in [0.1, 0.15) is 11.3 Å². The van der Waals surface area contributed by atoms with Crippen molar-refractivity contribution in [2.24, 2.45) is 0 Å². The van der Waals surface area contributed by atoms with E-state index in [-0.39, 0.29) is 12.3 Å². The Bertz CT molecular complexity index is 365. The largest absolute Gasteiger partial charge is 0.480 e. The van der Waals surface area contributed by atoms with Gasteiger partial charge in [0.25, 0.3) is 0 Å². The smallest absolute Gasteiger partial charge is 0.326 e. The van der Waals surface area contributed by atoms with Crippen LogP contribution in [0.5, 0.6) is 0 Å². The Kier molecular flexibility index (Phi) is 6.07. The first-order valence-corrected chi connectivity index (χ1v) is 7.44. The highest BCUT2D eigenvalue weighted by molar-refractivity contribution is 7.98. The summed E-state index contributed by atoms with van der Waals surface area (Å²) in [6, 6.07) is 2.95. The Hall–Kier alpha value is -1.01. The van der Waals surface area contributed by atoms with Crippen LogP contribution in [0.3, 0.4) is 0 Å². The average molecular weight is 273 g/mol. The summed E-state index contributed by atoms with van der Waals surface area (Å²) in [5.74, 6) is -0.490. The summed E-state index contributed by atoms with van der Waals surface area (Å²) >= 11 is 3.06. The van der Waals surface area contributed by atoms with Crippen LogP contribution < -0.4 is 5.32 Å². The van der Waals surface area contributed by atoms with Crippen LogP contribution in [-0.4, -0.2) is 35.0 Å². The van der Waals surface area contributed by atoms with Crippen LogP contribution in [0.25, 0.3) is 0 Å². The lowest BCUT2D eigenvalue weighted by atomic mass is 10.2. The normalized spacial score (nSPS) is 12.1. The first-order valence-electron chi connectivity index (χ1n) is 5.17. The van der Waals surface area contributed by atoms with E-state index in [1.165, 1.54) is 11.3 Å². The Morgan fingerprint density at radius 2 is 2.35 bits per heavy atom. The van der Waals surface area contributed by atoms with Crippen molar-refractivity contribution in [3.63, 3.8) is 0 Å². The van der Waals surface area contributed by atoms with Crippen molar-refractivity contribution in [2.75, 3.05) is 12.0 Å². The molecule has 0 aliphatic heterocycles. The van der Waals surface area contributed by atoms with E-state index in [1.54, 1.807) is 11.8 Å². The second-order valence-electron chi connectivity index (χ2n) is 3.50. The Balaban J connectivity index is 2.43. The highest BCUT2D eigenvalue weighted by atomic mass is 32.2. The SMILES string of the molecule is CSCC[C@@H](NC(=O)Cc1cccs1)C(=O)O. The monoisotopic (exact) mass is 273 g/mol. The molecule has 1 heterocycles. The van der Waals surface area contributed by atoms with E-state index in [1.807, 2.05) is 23.8 Å². The lowest BCUT2D eigenvalue weighted by molar-refractivity contribution is -0.141. The van der Waals surface area contributed by atoms with Crippen LogP contribution in [0.4, 0.5) is 0 Å². The average Bonchev–Trinajstić information content (AvgIpc) is 2.76. The zero-order valence-electron chi connectivity index (χ0n) is 9.51. The van der Waals surface area contributed by atoms with E-state index < -0.39 is 12.0 Å². The molecule has 94 valence electrons. The molecule has 1 atom stereocenters. The van der Waals surface area contributed by atoms with Crippen molar-refractivity contribution in [1.82, 2.24) is 5.32 Å². The fourth-order valence-corrected chi connectivity index (χ4v) is 2.48. The van der Waals surface area contributed by atoms with Crippen LogP contribution >= 0.6 is 23.1 Å². The third kappa shape index (κ3) is 5.23. The molecule has 0 fully saturated rings. The van der Waals surface area contributed by atoms with Crippen molar-refractivity contribution in [3.05, 3.63) is 22.4 Å². The van der Waals surface area contributed by atoms with Crippen molar-refractivity contribution < 1.29 is 14.7 Å². The molecule has 0 bridgehead atoms. The quantitative estimate of drug-likeness (QED) is 0.792. The number of carboxylic acid groups (broad SMARTS) is 1. The minimum atomic E-state index is -0.974. The minimum Gasteiger partial charge on any atom is -0.480 e. The molecule has 1 aromatic heterocycles. The molecular weight excluding hydrogens is 258 g/mol. The highest BCUT2D eigenvalue weighted by Gasteiger charge is 2.19. The van der Waals surface area contributed by atoms with Gasteiger partial charge in [-0.1, -0.05) is 6.07 Å². The second kappa shape index (κ2) is 7.34. The molecular formula is C11H15NO3S2. The number of amides is 1. The van der Waals surface area contributed by atoms with E-state index in [2.05, 4.69) is 5.32 Å². The summed E-state index contributed by atoms with van der Waals surface area (Å²) in [5, 5.41) is 13.4. The number of nitrogens with one attached hydrogen (secondary N) is 1. The number of hydrogen-bond donors (Lipinski definition) is 2. The molecule has 4 nitrogen and oxygen atoms in total. The van der Waals surface area contributed by atoms with Gasteiger partial charge in [-0.2, -0.15) is 11.8 Å². The molecule has 0 radical (unpaired) electrons. The summed E-state index contributed by atoms with van der Waals surface area (Å²) in [6.45, 7) is 0. The van der Waals surface area contributed by atoms with Crippen molar-refractivity contribution >= 4 is 35.0 Å². The van der Waals surface area contributed by atoms with E-state index in [9.17, 15) is 9.59 Å². The number of carbonyl (C=O) groups excluding carboxylic acids is 1. The lowest BCUT2D eigenvalue weighted by Crippen LogP contribution is -2.41. The number of carboxylic acids is 1. The van der Waals surface area contributed by atoms with Crippen molar-refractivity contribution in [2.45, 2.75) is 18.9 Å². The first kappa shape index (κ1) is 14.1. The van der Waals surface area contributed by atoms with Crippen molar-refractivity contribution in [3.8, 4) is 0 Å². The van der Waals surface area contributed by atoms with Gasteiger partial charge < -0.3 is 10.4 Å². The van der Waals surface area contributed by atoms with E-state index in [4.69, 9.17) is 5.11 Å². The first-order chi connectivity index (χ1) is 8.13. The molecule has 0 aliphatic carbocycles. The topological polar surface area (TPSA) is 66.4 Å². The fraction of sp³-hybridized carbons (Fsp3) is 0.455. The lowest BCUT2D eigenvalue weighted by Gasteiger charge is -2.13. The van der Waals surface area contributed by atoms with Gasteiger partial charge in [0.15, 0.2) is 0 Å². The number of thioether (sulfide) groups is 1. The Morgan fingerprint density at radius 3 is 2.88 bits per heavy atom. The molecule has 0 saturated carbocycles. The number of aliphatic carboxylic acids is 1. The van der Waals surface area contributed by atoms with E-state index >= 15 is 0 Å². The summed E-state index contributed by atoms with van der Waals surface area (Å²) in [6.07, 6.45) is 2.61. The highest BCUT2D eigenvalue weighted by Crippen LogP contribution is 2.09. The fourth-order valence-electron chi connectivity index (χ4n) is 1.31. The molecule has 2 N–H and O–H groups in total. The molecule has 0 spiro atoms. The third-order valence-corrected chi connectivity index (χ3v) is 3.68. The minimum absolute atomic E-state index is 0.235. The molecule has 0 aromatic carbocycles. The maximum Gasteiger partial charge on any atom is 0.326 e. The van der Waals surface area contributed by atoms with E-state index in [0.717, 1.165) is 10.6 Å². The number of thiophene rings is 1. The second-order valence-corrected chi connectivity index (χ2v) is 5.51. The Labute approximate surface area is 108 Å². The summed E-state index contributed by atoms with van der Waals surface area (Å²) in [7, 11) is 0. The molecule has 0 aliphatic rings. The van der Waals surface area contributed by atoms with Gasteiger partial charge in [0, 0.05) is 4.88 Å². The van der Waals surface area contributed by atoms with Crippen LogP contribution in [0, 0.1) is 0 Å². The number of hydrogen-bond acceptors (Lipinski definition) is 4. The predicted octanol–water partition coefficient (Wildman–Crippen LogP) is 1.61. The van der Waals surface area contributed by atoms with Gasteiger partial charge in [0.1, 0.15) is 6.04 Å². The van der Waals surface area contributed by atoms with E-state index in [0.29, 0.717) is 6.42 Å². The van der Waals surface area contributed by atoms with Crippen LogP contribution in [0.2, 0.25) is 0 Å². The van der Waals surface area contributed by atoms with Gasteiger partial charge in [-0.05, 0) is 29.9 Å². The zero-order valence-corrected chi connectivity index (χ0v) is 11.1. The summed E-state index contributed by atoms with van der Waals surface area (Å²) < 4.78 is 0. The zero-order chi connectivity index (χ0) is 12.7. The molecule has 0 unspecified atom stereocenters. The Morgan fingerprint density at radius 1 is 1.59 bits per heavy atom. The molecule has 17 heavy (non-hydrogen) atoms. The van der Waals surface area contributed by atoms with Gasteiger partial charge >= 0.3 is 5.97 Å². The maximum absolute atomic E-state index is 11.6. The number of carbonyl (C=O) groups is 2. The summed E-state index contributed by atoms with van der Waals surface area (Å²) in [5.41, 5.74) is 0. The number of rotatable bonds is 7. The molecule has 1 amide bonds. The summed E-state index contributed by atoms with van der Waals surface area (Å²) in [4.78, 5) is 23.5. The molecule has 6 heteroatoms. The van der Waals surface area contributed by atoms with Gasteiger partial charge in [0.05, 0.1) is 6.42 Å². The molecule has 1 aromatic rings. The third-order valence-electron chi connectivity index (χ3n) is 2.16. The predicted molar refractivity (Wildman–Crippen MR) is 70.6 cm³/mol. The molecule has 1 rings (SSSR count). The van der Waals surface area contributed by atoms with Crippen LogP contribution in [0.15, 0.2) is 17.5 Å². The van der Waals surface area contributed by atoms with Gasteiger partial charge in [0.2, 0.25) is 5.91 Å². The standard InChI is InChI=1S/C11H15NO3S2/c1-16-6-4-9(11(14)15)12-10(13)7-8-3-2-5-17-8/h2-3,5,9H,4,6-7H2,1H3,(H,12,13)(H,14,15)/t9-/m1/s1. The van der Waals surface area contributed by atoms with Gasteiger partial charge in [-0.25, -0.2) is 4.79 Å².